The van der Waals surface area contributed by atoms with E-state index in [-0.39, 0.29) is 11.9 Å². The Labute approximate surface area is 89.4 Å². The summed E-state index contributed by atoms with van der Waals surface area (Å²) >= 11 is 0. The van der Waals surface area contributed by atoms with E-state index in [1.54, 1.807) is 12.5 Å². The highest BCUT2D eigenvalue weighted by Gasteiger charge is 2.14. The zero-order chi connectivity index (χ0) is 11.1. The van der Waals surface area contributed by atoms with Gasteiger partial charge < -0.3 is 4.57 Å². The molecule has 1 aromatic rings. The van der Waals surface area contributed by atoms with Crippen LogP contribution in [0.4, 0.5) is 0 Å². The number of hydroxylamine groups is 1. The number of carbonyl (C=O) groups is 1. The highest BCUT2D eigenvalue weighted by atomic mass is 16.6. The van der Waals surface area contributed by atoms with Crippen LogP contribution in [0.5, 0.6) is 0 Å². The predicted octanol–water partition coefficient (Wildman–Crippen LogP) is 1.29. The Morgan fingerprint density at radius 1 is 1.67 bits per heavy atom. The summed E-state index contributed by atoms with van der Waals surface area (Å²) in [7, 11) is 1.43. The minimum Gasteiger partial charge on any atom is -0.334 e. The molecule has 0 aromatic carbocycles. The van der Waals surface area contributed by atoms with Crippen molar-refractivity contribution in [1.82, 2.24) is 15.0 Å². The molecule has 1 heterocycles. The van der Waals surface area contributed by atoms with Gasteiger partial charge in [0, 0.05) is 24.9 Å². The molecule has 0 radical (unpaired) electrons. The van der Waals surface area contributed by atoms with Gasteiger partial charge in [-0.2, -0.15) is 0 Å². The van der Waals surface area contributed by atoms with Crippen molar-refractivity contribution in [2.24, 2.45) is 0 Å². The maximum Gasteiger partial charge on any atom is 0.245 e. The number of hydrogen-bond acceptors (Lipinski definition) is 3. The second-order valence-corrected chi connectivity index (χ2v) is 3.39. The van der Waals surface area contributed by atoms with Gasteiger partial charge in [-0.05, 0) is 6.42 Å². The number of imidazole rings is 1. The molecule has 1 amide bonds. The van der Waals surface area contributed by atoms with Crippen molar-refractivity contribution in [2.75, 3.05) is 7.11 Å². The summed E-state index contributed by atoms with van der Waals surface area (Å²) in [6, 6.07) is 0.160. The van der Waals surface area contributed by atoms with Gasteiger partial charge in [-0.1, -0.05) is 13.3 Å². The van der Waals surface area contributed by atoms with E-state index in [4.69, 9.17) is 0 Å². The van der Waals surface area contributed by atoms with Gasteiger partial charge >= 0.3 is 0 Å². The molecular formula is C10H17N3O2. The largest absolute Gasteiger partial charge is 0.334 e. The Bertz CT molecular complexity index is 285. The molecule has 0 fully saturated rings. The summed E-state index contributed by atoms with van der Waals surface area (Å²) in [5.41, 5.74) is 2.32. The fourth-order valence-electron chi connectivity index (χ4n) is 1.54. The zero-order valence-electron chi connectivity index (χ0n) is 9.14. The van der Waals surface area contributed by atoms with Crippen molar-refractivity contribution in [2.45, 2.75) is 32.2 Å². The van der Waals surface area contributed by atoms with E-state index in [1.807, 2.05) is 10.8 Å². The summed E-state index contributed by atoms with van der Waals surface area (Å²) in [4.78, 5) is 19.9. The normalized spacial score (nSPS) is 12.4. The third kappa shape index (κ3) is 3.71. The van der Waals surface area contributed by atoms with E-state index in [0.29, 0.717) is 6.42 Å². The summed E-state index contributed by atoms with van der Waals surface area (Å²) in [5.74, 6) is -0.107. The van der Waals surface area contributed by atoms with E-state index >= 15 is 0 Å². The van der Waals surface area contributed by atoms with Gasteiger partial charge in [-0.25, -0.2) is 10.5 Å². The highest BCUT2D eigenvalue weighted by Crippen LogP contribution is 2.17. The molecule has 0 saturated carbocycles. The van der Waals surface area contributed by atoms with Gasteiger partial charge in [-0.3, -0.25) is 9.63 Å². The molecule has 5 nitrogen and oxygen atoms in total. The first kappa shape index (κ1) is 11.7. The van der Waals surface area contributed by atoms with Crippen LogP contribution < -0.4 is 5.48 Å². The number of aromatic nitrogens is 2. The zero-order valence-corrected chi connectivity index (χ0v) is 9.14. The lowest BCUT2D eigenvalue weighted by Gasteiger charge is -2.16. The highest BCUT2D eigenvalue weighted by molar-refractivity contribution is 5.75. The molecule has 0 saturated heterocycles. The van der Waals surface area contributed by atoms with Gasteiger partial charge in [0.25, 0.3) is 0 Å². The maximum absolute atomic E-state index is 11.4. The van der Waals surface area contributed by atoms with Crippen LogP contribution in [0.15, 0.2) is 18.7 Å². The molecule has 0 bridgehead atoms. The molecular weight excluding hydrogens is 194 g/mol. The lowest BCUT2D eigenvalue weighted by atomic mass is 10.1. The summed E-state index contributed by atoms with van der Waals surface area (Å²) in [6.07, 6.45) is 7.73. The fourth-order valence-corrected chi connectivity index (χ4v) is 1.54. The minimum absolute atomic E-state index is 0.107. The molecule has 0 spiro atoms. The molecule has 5 heteroatoms. The first-order valence-electron chi connectivity index (χ1n) is 5.07. The monoisotopic (exact) mass is 211 g/mol. The van der Waals surface area contributed by atoms with Gasteiger partial charge in [0.1, 0.15) is 0 Å². The van der Waals surface area contributed by atoms with Crippen LogP contribution in [-0.2, 0) is 9.63 Å². The van der Waals surface area contributed by atoms with Crippen LogP contribution in [0.25, 0.3) is 0 Å². The molecule has 1 N–H and O–H groups in total. The average Bonchev–Trinajstić information content (AvgIpc) is 2.70. The SMILES string of the molecule is CCCC(CC(=O)NOC)n1ccnc1. The number of amides is 1. The standard InChI is InChI=1S/C10H17N3O2/c1-3-4-9(7-10(14)12-15-2)13-6-5-11-8-13/h5-6,8-9H,3-4,7H2,1-2H3,(H,12,14). The van der Waals surface area contributed by atoms with Crippen molar-refractivity contribution in [1.29, 1.82) is 0 Å². The van der Waals surface area contributed by atoms with Crippen LogP contribution in [0.1, 0.15) is 32.2 Å². The molecule has 1 atom stereocenters. The molecule has 1 aromatic heterocycles. The van der Waals surface area contributed by atoms with Gasteiger partial charge in [0.05, 0.1) is 13.4 Å². The van der Waals surface area contributed by atoms with Gasteiger partial charge in [0.2, 0.25) is 5.91 Å². The molecule has 0 aliphatic carbocycles. The number of rotatable bonds is 6. The van der Waals surface area contributed by atoms with Crippen LogP contribution >= 0.6 is 0 Å². The average molecular weight is 211 g/mol. The molecule has 0 aliphatic rings. The van der Waals surface area contributed by atoms with E-state index in [0.717, 1.165) is 12.8 Å². The first-order chi connectivity index (χ1) is 7.27. The van der Waals surface area contributed by atoms with E-state index in [1.165, 1.54) is 7.11 Å². The Morgan fingerprint density at radius 2 is 2.47 bits per heavy atom. The van der Waals surface area contributed by atoms with Crippen LogP contribution in [0, 0.1) is 0 Å². The maximum atomic E-state index is 11.4. The topological polar surface area (TPSA) is 56.1 Å². The lowest BCUT2D eigenvalue weighted by molar-refractivity contribution is -0.132. The smallest absolute Gasteiger partial charge is 0.245 e. The minimum atomic E-state index is -0.107. The second kappa shape index (κ2) is 6.19. The van der Waals surface area contributed by atoms with Crippen molar-refractivity contribution in [3.8, 4) is 0 Å². The van der Waals surface area contributed by atoms with Crippen molar-refractivity contribution < 1.29 is 9.63 Å². The van der Waals surface area contributed by atoms with Gasteiger partial charge in [0.15, 0.2) is 0 Å². The van der Waals surface area contributed by atoms with E-state index in [2.05, 4.69) is 22.2 Å². The molecule has 1 unspecified atom stereocenters. The number of carbonyl (C=O) groups excluding carboxylic acids is 1. The second-order valence-electron chi connectivity index (χ2n) is 3.39. The quantitative estimate of drug-likeness (QED) is 0.721. The van der Waals surface area contributed by atoms with Gasteiger partial charge in [-0.15, -0.1) is 0 Å². The number of nitrogens with one attached hydrogen (secondary N) is 1. The number of hydrogen-bond donors (Lipinski definition) is 1. The van der Waals surface area contributed by atoms with Crippen LogP contribution in [-0.4, -0.2) is 22.6 Å². The van der Waals surface area contributed by atoms with Crippen molar-refractivity contribution >= 4 is 5.91 Å². The third-order valence-electron chi connectivity index (χ3n) is 2.21. The fraction of sp³-hybridized carbons (Fsp3) is 0.600. The van der Waals surface area contributed by atoms with Crippen LogP contribution in [0.3, 0.4) is 0 Å². The Morgan fingerprint density at radius 3 is 3.00 bits per heavy atom. The summed E-state index contributed by atoms with van der Waals surface area (Å²) in [6.45, 7) is 2.10. The summed E-state index contributed by atoms with van der Waals surface area (Å²) in [5, 5.41) is 0. The molecule has 0 aliphatic heterocycles. The van der Waals surface area contributed by atoms with E-state index < -0.39 is 0 Å². The molecule has 15 heavy (non-hydrogen) atoms. The first-order valence-corrected chi connectivity index (χ1v) is 5.07. The number of nitrogens with zero attached hydrogens (tertiary/aromatic N) is 2. The van der Waals surface area contributed by atoms with E-state index in [9.17, 15) is 4.79 Å². The Hall–Kier alpha value is -1.36. The van der Waals surface area contributed by atoms with Crippen LogP contribution in [0.2, 0.25) is 0 Å². The Balaban J connectivity index is 2.55. The van der Waals surface area contributed by atoms with Crippen molar-refractivity contribution in [3.05, 3.63) is 18.7 Å². The third-order valence-corrected chi connectivity index (χ3v) is 2.21. The summed E-state index contributed by atoms with van der Waals surface area (Å²) < 4.78 is 1.96. The molecule has 1 rings (SSSR count). The predicted molar refractivity (Wildman–Crippen MR) is 55.9 cm³/mol. The molecule has 84 valence electrons. The Kier molecular flexibility index (Phi) is 4.83. The van der Waals surface area contributed by atoms with Crippen molar-refractivity contribution in [3.63, 3.8) is 0 Å². The lowest BCUT2D eigenvalue weighted by Crippen LogP contribution is -2.25.